The van der Waals surface area contributed by atoms with Gasteiger partial charge in [0.1, 0.15) is 0 Å². The van der Waals surface area contributed by atoms with Crippen molar-refractivity contribution in [3.63, 3.8) is 0 Å². The molecule has 0 amide bonds. The van der Waals surface area contributed by atoms with E-state index in [4.69, 9.17) is 0 Å². The molecule has 44 valence electrons. The van der Waals surface area contributed by atoms with Crippen molar-refractivity contribution in [2.45, 2.75) is 31.3 Å². The van der Waals surface area contributed by atoms with Gasteiger partial charge >= 0.3 is 0 Å². The van der Waals surface area contributed by atoms with Crippen molar-refractivity contribution in [2.75, 3.05) is 0 Å². The Kier molecular flexibility index (Phi) is 0.908. The predicted octanol–water partition coefficient (Wildman–Crippen LogP) is 1.07. The van der Waals surface area contributed by atoms with Crippen LogP contribution < -0.4 is 5.32 Å². The second kappa shape index (κ2) is 1.59. The molecule has 2 heterocycles. The van der Waals surface area contributed by atoms with Crippen LogP contribution in [0.5, 0.6) is 0 Å². The van der Waals surface area contributed by atoms with Gasteiger partial charge in [-0.05, 0) is 19.3 Å². The molecule has 2 aliphatic heterocycles. The van der Waals surface area contributed by atoms with Crippen LogP contribution in [0.15, 0.2) is 12.2 Å². The quantitative estimate of drug-likeness (QED) is 0.459. The van der Waals surface area contributed by atoms with Crippen LogP contribution in [0.1, 0.15) is 19.3 Å². The predicted molar refractivity (Wildman–Crippen MR) is 33.7 cm³/mol. The third kappa shape index (κ3) is 0.583. The third-order valence-electron chi connectivity index (χ3n) is 2.06. The van der Waals surface area contributed by atoms with E-state index in [1.807, 2.05) is 0 Å². The highest BCUT2D eigenvalue weighted by Crippen LogP contribution is 2.20. The molecule has 0 radical (unpaired) electrons. The fourth-order valence-corrected chi connectivity index (χ4v) is 1.59. The summed E-state index contributed by atoms with van der Waals surface area (Å²) in [7, 11) is 0. The van der Waals surface area contributed by atoms with Crippen LogP contribution in [-0.4, -0.2) is 12.1 Å². The highest BCUT2D eigenvalue weighted by Gasteiger charge is 2.23. The van der Waals surface area contributed by atoms with Crippen LogP contribution in [0.2, 0.25) is 0 Å². The summed E-state index contributed by atoms with van der Waals surface area (Å²) in [5, 5.41) is 3.50. The molecule has 1 nitrogen and oxygen atoms in total. The summed E-state index contributed by atoms with van der Waals surface area (Å²) in [6.07, 6.45) is 8.61. The van der Waals surface area contributed by atoms with Crippen LogP contribution in [-0.2, 0) is 0 Å². The molecule has 0 spiro atoms. The van der Waals surface area contributed by atoms with Crippen molar-refractivity contribution in [2.24, 2.45) is 0 Å². The van der Waals surface area contributed by atoms with E-state index in [0.29, 0.717) is 0 Å². The lowest BCUT2D eigenvalue weighted by Crippen LogP contribution is -2.30. The Labute approximate surface area is 49.8 Å². The van der Waals surface area contributed by atoms with E-state index < -0.39 is 0 Å². The van der Waals surface area contributed by atoms with Crippen LogP contribution in [0.3, 0.4) is 0 Å². The molecule has 1 heteroatoms. The van der Waals surface area contributed by atoms with Crippen molar-refractivity contribution in [3.8, 4) is 0 Å². The van der Waals surface area contributed by atoms with Gasteiger partial charge in [0.05, 0.1) is 0 Å². The van der Waals surface area contributed by atoms with Gasteiger partial charge < -0.3 is 5.32 Å². The molecule has 0 aromatic heterocycles. The molecule has 1 saturated heterocycles. The van der Waals surface area contributed by atoms with Crippen LogP contribution in [0.4, 0.5) is 0 Å². The van der Waals surface area contributed by atoms with E-state index in [1.54, 1.807) is 0 Å². The maximum absolute atomic E-state index is 3.50. The minimum Gasteiger partial charge on any atom is -0.307 e. The number of rotatable bonds is 0. The zero-order chi connectivity index (χ0) is 5.40. The first-order valence-corrected chi connectivity index (χ1v) is 3.38. The number of fused-ring (bicyclic) bond motifs is 2. The van der Waals surface area contributed by atoms with Gasteiger partial charge in [-0.3, -0.25) is 0 Å². The number of hydrogen-bond acceptors (Lipinski definition) is 1. The molecule has 1 N–H and O–H groups in total. The second-order valence-electron chi connectivity index (χ2n) is 2.71. The number of hydrogen-bond donors (Lipinski definition) is 1. The van der Waals surface area contributed by atoms with Crippen molar-refractivity contribution in [3.05, 3.63) is 12.2 Å². The van der Waals surface area contributed by atoms with Crippen LogP contribution in [0.25, 0.3) is 0 Å². The van der Waals surface area contributed by atoms with Gasteiger partial charge in [-0.1, -0.05) is 12.2 Å². The zero-order valence-corrected chi connectivity index (χ0v) is 4.93. The smallest absolute Gasteiger partial charge is 0.0253 e. The summed E-state index contributed by atoms with van der Waals surface area (Å²) in [5.74, 6) is 0. The van der Waals surface area contributed by atoms with Gasteiger partial charge in [0.15, 0.2) is 0 Å². The van der Waals surface area contributed by atoms with E-state index in [-0.39, 0.29) is 0 Å². The number of nitrogens with one attached hydrogen (secondary N) is 1. The van der Waals surface area contributed by atoms with E-state index in [9.17, 15) is 0 Å². The first kappa shape index (κ1) is 4.57. The average Bonchev–Trinajstić information content (AvgIpc) is 2.12. The molecule has 2 aliphatic rings. The Balaban J connectivity index is 2.17. The molecular formula is C7H11N. The molecular weight excluding hydrogens is 98.1 g/mol. The van der Waals surface area contributed by atoms with Crippen molar-refractivity contribution < 1.29 is 0 Å². The molecule has 8 heavy (non-hydrogen) atoms. The van der Waals surface area contributed by atoms with Gasteiger partial charge in [-0.2, -0.15) is 0 Å². The Morgan fingerprint density at radius 3 is 3.12 bits per heavy atom. The van der Waals surface area contributed by atoms with Gasteiger partial charge in [0.25, 0.3) is 0 Å². The molecule has 0 aromatic rings. The largest absolute Gasteiger partial charge is 0.307 e. The summed E-state index contributed by atoms with van der Waals surface area (Å²) in [6.45, 7) is 0. The summed E-state index contributed by atoms with van der Waals surface area (Å²) in [6, 6.07) is 1.55. The standard InChI is InChI=1S/C7H11N/c1-2-6-4-5-7(3-1)8-6/h1-2,6-8H,3-5H2/t6?,7-/m1/s1. The Morgan fingerprint density at radius 1 is 1.38 bits per heavy atom. The topological polar surface area (TPSA) is 12.0 Å². The molecule has 2 rings (SSSR count). The molecule has 1 fully saturated rings. The van der Waals surface area contributed by atoms with E-state index >= 15 is 0 Å². The minimum absolute atomic E-state index is 0.730. The van der Waals surface area contributed by atoms with E-state index in [1.165, 1.54) is 19.3 Å². The zero-order valence-electron chi connectivity index (χ0n) is 4.93. The molecule has 2 atom stereocenters. The van der Waals surface area contributed by atoms with Crippen LogP contribution >= 0.6 is 0 Å². The Bertz CT molecular complexity index is 118. The van der Waals surface area contributed by atoms with Crippen molar-refractivity contribution in [1.82, 2.24) is 5.32 Å². The van der Waals surface area contributed by atoms with Crippen LogP contribution in [0, 0.1) is 0 Å². The summed E-state index contributed by atoms with van der Waals surface area (Å²) in [4.78, 5) is 0. The normalized spacial score (nSPS) is 43.0. The van der Waals surface area contributed by atoms with Gasteiger partial charge in [-0.15, -0.1) is 0 Å². The van der Waals surface area contributed by atoms with Gasteiger partial charge in [-0.25, -0.2) is 0 Å². The fourth-order valence-electron chi connectivity index (χ4n) is 1.59. The second-order valence-corrected chi connectivity index (χ2v) is 2.71. The average molecular weight is 109 g/mol. The summed E-state index contributed by atoms with van der Waals surface area (Å²) in [5.41, 5.74) is 0. The maximum atomic E-state index is 3.50. The van der Waals surface area contributed by atoms with E-state index in [0.717, 1.165) is 12.1 Å². The Morgan fingerprint density at radius 2 is 2.38 bits per heavy atom. The monoisotopic (exact) mass is 109 g/mol. The van der Waals surface area contributed by atoms with Crippen molar-refractivity contribution >= 4 is 0 Å². The molecule has 0 aromatic carbocycles. The minimum atomic E-state index is 0.730. The first-order valence-electron chi connectivity index (χ1n) is 3.38. The lowest BCUT2D eigenvalue weighted by atomic mass is 10.2. The SMILES string of the molecule is C1=CC2CC[C@@H](C1)N2. The highest BCUT2D eigenvalue weighted by atomic mass is 15.0. The lowest BCUT2D eigenvalue weighted by Gasteiger charge is -2.13. The molecule has 0 saturated carbocycles. The third-order valence-corrected chi connectivity index (χ3v) is 2.06. The van der Waals surface area contributed by atoms with E-state index in [2.05, 4.69) is 17.5 Å². The maximum Gasteiger partial charge on any atom is 0.0253 e. The fraction of sp³-hybridized carbons (Fsp3) is 0.714. The van der Waals surface area contributed by atoms with Gasteiger partial charge in [0, 0.05) is 12.1 Å². The summed E-state index contributed by atoms with van der Waals surface area (Å²) >= 11 is 0. The highest BCUT2D eigenvalue weighted by molar-refractivity contribution is 5.06. The molecule has 0 aliphatic carbocycles. The van der Waals surface area contributed by atoms with Crippen molar-refractivity contribution in [1.29, 1.82) is 0 Å². The summed E-state index contributed by atoms with van der Waals surface area (Å²) < 4.78 is 0. The Hall–Kier alpha value is -0.300. The molecule has 1 unspecified atom stereocenters. The molecule has 2 bridgehead atoms. The van der Waals surface area contributed by atoms with Gasteiger partial charge in [0.2, 0.25) is 0 Å². The first-order chi connectivity index (χ1) is 3.95. The lowest BCUT2D eigenvalue weighted by molar-refractivity contribution is 0.566.